The van der Waals surface area contributed by atoms with Gasteiger partial charge in [0.05, 0.1) is 12.7 Å². The second-order valence-corrected chi connectivity index (χ2v) is 4.42. The van der Waals surface area contributed by atoms with Gasteiger partial charge in [0.1, 0.15) is 5.82 Å². The molecule has 0 spiro atoms. The molecule has 0 aliphatic heterocycles. The number of hydrogen-bond acceptors (Lipinski definition) is 3. The van der Waals surface area contributed by atoms with Crippen LogP contribution < -0.4 is 4.74 Å². The van der Waals surface area contributed by atoms with E-state index in [1.54, 1.807) is 19.2 Å². The van der Waals surface area contributed by atoms with Crippen LogP contribution in [0.3, 0.4) is 0 Å². The molecule has 1 aromatic carbocycles. The zero-order valence-corrected chi connectivity index (χ0v) is 11.0. The van der Waals surface area contributed by atoms with Crippen molar-refractivity contribution in [3.63, 3.8) is 0 Å². The first-order valence-electron chi connectivity index (χ1n) is 6.14. The summed E-state index contributed by atoms with van der Waals surface area (Å²) in [5, 5.41) is 9.35. The van der Waals surface area contributed by atoms with Crippen LogP contribution in [-0.2, 0) is 13.5 Å². The maximum atomic E-state index is 13.7. The average Bonchev–Trinajstić information content (AvgIpc) is 2.77. The molecule has 102 valence electrons. The van der Waals surface area contributed by atoms with E-state index in [0.717, 1.165) is 5.82 Å². The zero-order chi connectivity index (χ0) is 13.8. The predicted molar refractivity (Wildman–Crippen MR) is 69.4 cm³/mol. The summed E-state index contributed by atoms with van der Waals surface area (Å²) >= 11 is 0. The lowest BCUT2D eigenvalue weighted by molar-refractivity contribution is 0.198. The Labute approximate surface area is 111 Å². The lowest BCUT2D eigenvalue weighted by Gasteiger charge is -2.10. The van der Waals surface area contributed by atoms with Crippen LogP contribution in [0.2, 0.25) is 0 Å². The summed E-state index contributed by atoms with van der Waals surface area (Å²) in [5.41, 5.74) is 0.536. The van der Waals surface area contributed by atoms with Crippen molar-refractivity contribution in [3.8, 4) is 5.75 Å². The van der Waals surface area contributed by atoms with Crippen LogP contribution in [0.4, 0.5) is 4.39 Å². The maximum absolute atomic E-state index is 13.7. The highest BCUT2D eigenvalue weighted by molar-refractivity contribution is 5.30. The minimum absolute atomic E-state index is 0.193. The molecule has 2 aromatic rings. The molecular formula is C14H17FN2O2. The minimum Gasteiger partial charge on any atom is -0.490 e. The van der Waals surface area contributed by atoms with Crippen molar-refractivity contribution < 1.29 is 14.2 Å². The van der Waals surface area contributed by atoms with Gasteiger partial charge in [0, 0.05) is 25.9 Å². The Morgan fingerprint density at radius 2 is 2.26 bits per heavy atom. The van der Waals surface area contributed by atoms with Gasteiger partial charge < -0.3 is 14.4 Å². The van der Waals surface area contributed by atoms with Gasteiger partial charge in [-0.3, -0.25) is 0 Å². The van der Waals surface area contributed by atoms with Gasteiger partial charge in [0.15, 0.2) is 11.6 Å². The van der Waals surface area contributed by atoms with Crippen LogP contribution in [0.15, 0.2) is 30.6 Å². The topological polar surface area (TPSA) is 47.3 Å². The molecule has 1 heterocycles. The molecule has 19 heavy (non-hydrogen) atoms. The van der Waals surface area contributed by atoms with Crippen LogP contribution in [-0.4, -0.2) is 21.3 Å². The highest BCUT2D eigenvalue weighted by Gasteiger charge is 2.08. The summed E-state index contributed by atoms with van der Waals surface area (Å²) in [5.74, 6) is 0.623. The molecule has 0 aliphatic rings. The first-order valence-corrected chi connectivity index (χ1v) is 6.14. The monoisotopic (exact) mass is 264 g/mol. The Morgan fingerprint density at radius 1 is 1.47 bits per heavy atom. The first-order chi connectivity index (χ1) is 9.08. The molecule has 0 saturated carbocycles. The summed E-state index contributed by atoms with van der Waals surface area (Å²) in [7, 11) is 1.90. The number of aliphatic hydroxyl groups excluding tert-OH is 1. The highest BCUT2D eigenvalue weighted by atomic mass is 19.1. The third kappa shape index (κ3) is 3.32. The second-order valence-electron chi connectivity index (χ2n) is 4.42. The van der Waals surface area contributed by atoms with E-state index < -0.39 is 11.9 Å². The number of halogens is 1. The van der Waals surface area contributed by atoms with E-state index in [0.29, 0.717) is 18.6 Å². The molecular weight excluding hydrogens is 247 g/mol. The molecule has 0 unspecified atom stereocenters. The SMILES string of the molecule is C[C@H](O)c1ccc(OCCc2nccn2C)c(F)c1. The summed E-state index contributed by atoms with van der Waals surface area (Å²) in [6.07, 6.45) is 3.50. The third-order valence-electron chi connectivity index (χ3n) is 2.94. The maximum Gasteiger partial charge on any atom is 0.165 e. The normalized spacial score (nSPS) is 12.4. The Morgan fingerprint density at radius 3 is 2.84 bits per heavy atom. The fraction of sp³-hybridized carbons (Fsp3) is 0.357. The number of ether oxygens (including phenoxy) is 1. The van der Waals surface area contributed by atoms with Crippen LogP contribution in [0.25, 0.3) is 0 Å². The molecule has 1 N–H and O–H groups in total. The quantitative estimate of drug-likeness (QED) is 0.901. The van der Waals surface area contributed by atoms with E-state index in [1.165, 1.54) is 12.1 Å². The lowest BCUT2D eigenvalue weighted by Crippen LogP contribution is -2.07. The first kappa shape index (κ1) is 13.5. The van der Waals surface area contributed by atoms with E-state index in [4.69, 9.17) is 4.74 Å². The van der Waals surface area contributed by atoms with Gasteiger partial charge in [0.2, 0.25) is 0 Å². The molecule has 1 aromatic heterocycles. The second kappa shape index (κ2) is 5.84. The van der Waals surface area contributed by atoms with Gasteiger partial charge in [-0.15, -0.1) is 0 Å². The molecule has 5 heteroatoms. The molecule has 4 nitrogen and oxygen atoms in total. The number of hydrogen-bond donors (Lipinski definition) is 1. The van der Waals surface area contributed by atoms with Crippen LogP contribution in [0.1, 0.15) is 24.4 Å². The molecule has 0 saturated heterocycles. The number of rotatable bonds is 5. The fourth-order valence-electron chi connectivity index (χ4n) is 1.78. The number of imidazole rings is 1. The Kier molecular flexibility index (Phi) is 4.16. The largest absolute Gasteiger partial charge is 0.490 e. The molecule has 0 aliphatic carbocycles. The van der Waals surface area contributed by atoms with Crippen molar-refractivity contribution in [2.24, 2.45) is 7.05 Å². The van der Waals surface area contributed by atoms with Crippen molar-refractivity contribution in [3.05, 3.63) is 47.8 Å². The number of benzene rings is 1. The van der Waals surface area contributed by atoms with Gasteiger partial charge in [-0.1, -0.05) is 6.07 Å². The molecule has 0 radical (unpaired) electrons. The van der Waals surface area contributed by atoms with Gasteiger partial charge in [0.25, 0.3) is 0 Å². The molecule has 2 rings (SSSR count). The van der Waals surface area contributed by atoms with Crippen molar-refractivity contribution in [1.82, 2.24) is 9.55 Å². The van der Waals surface area contributed by atoms with Gasteiger partial charge in [-0.25, -0.2) is 9.37 Å². The van der Waals surface area contributed by atoms with Crippen molar-refractivity contribution >= 4 is 0 Å². The summed E-state index contributed by atoms with van der Waals surface area (Å²) in [4.78, 5) is 4.16. The average molecular weight is 264 g/mol. The van der Waals surface area contributed by atoms with Gasteiger partial charge >= 0.3 is 0 Å². The van der Waals surface area contributed by atoms with Crippen molar-refractivity contribution in [2.75, 3.05) is 6.61 Å². The minimum atomic E-state index is -0.684. The van der Waals surface area contributed by atoms with Crippen LogP contribution in [0, 0.1) is 5.82 Å². The molecule has 1 atom stereocenters. The number of aromatic nitrogens is 2. The van der Waals surface area contributed by atoms with Crippen LogP contribution >= 0.6 is 0 Å². The number of nitrogens with zero attached hydrogens (tertiary/aromatic N) is 2. The molecule has 0 amide bonds. The van der Waals surface area contributed by atoms with Gasteiger partial charge in [-0.2, -0.15) is 0 Å². The number of aliphatic hydroxyl groups is 1. The Bertz CT molecular complexity index is 552. The smallest absolute Gasteiger partial charge is 0.165 e. The molecule has 0 fully saturated rings. The van der Waals surface area contributed by atoms with E-state index >= 15 is 0 Å². The fourth-order valence-corrected chi connectivity index (χ4v) is 1.78. The van der Waals surface area contributed by atoms with E-state index in [2.05, 4.69) is 4.98 Å². The summed E-state index contributed by atoms with van der Waals surface area (Å²) in [6.45, 7) is 1.95. The zero-order valence-electron chi connectivity index (χ0n) is 11.0. The van der Waals surface area contributed by atoms with Crippen molar-refractivity contribution in [2.45, 2.75) is 19.4 Å². The van der Waals surface area contributed by atoms with Crippen LogP contribution in [0.5, 0.6) is 5.75 Å². The van der Waals surface area contributed by atoms with E-state index in [9.17, 15) is 9.50 Å². The summed E-state index contributed by atoms with van der Waals surface area (Å²) < 4.78 is 21.0. The van der Waals surface area contributed by atoms with E-state index in [1.807, 2.05) is 17.8 Å². The van der Waals surface area contributed by atoms with Gasteiger partial charge in [-0.05, 0) is 24.6 Å². The molecule has 0 bridgehead atoms. The van der Waals surface area contributed by atoms with E-state index in [-0.39, 0.29) is 5.75 Å². The summed E-state index contributed by atoms with van der Waals surface area (Å²) in [6, 6.07) is 4.49. The number of aryl methyl sites for hydroxylation is 1. The Hall–Kier alpha value is -1.88. The predicted octanol–water partition coefficient (Wildman–Crippen LogP) is 2.23. The Balaban J connectivity index is 1.95. The van der Waals surface area contributed by atoms with Crippen molar-refractivity contribution in [1.29, 1.82) is 0 Å². The third-order valence-corrected chi connectivity index (χ3v) is 2.94. The highest BCUT2D eigenvalue weighted by Crippen LogP contribution is 2.22. The lowest BCUT2D eigenvalue weighted by atomic mass is 10.1. The standard InChI is InChI=1S/C14H17FN2O2/c1-10(18)11-3-4-13(12(15)9-11)19-8-5-14-16-6-7-17(14)2/h3-4,6-7,9-10,18H,5,8H2,1-2H3/t10-/m0/s1.